The van der Waals surface area contributed by atoms with Gasteiger partial charge in [0.1, 0.15) is 12.6 Å². The number of nitrogens with zero attached hydrogens (tertiary/aromatic N) is 1. The number of rotatable bonds is 46. The molecule has 0 heterocycles. The molecule has 0 aromatic carbocycles. The van der Waals surface area contributed by atoms with Gasteiger partial charge in [-0.05, 0) is 109 Å². The van der Waals surface area contributed by atoms with Crippen LogP contribution in [0.3, 0.4) is 0 Å². The Labute approximate surface area is 427 Å². The molecule has 70 heavy (non-hydrogen) atoms. The largest absolute Gasteiger partial charge is 0.544 e. The van der Waals surface area contributed by atoms with Crippen molar-refractivity contribution in [2.45, 2.75) is 187 Å². The summed E-state index contributed by atoms with van der Waals surface area (Å²) < 4.78 is 17.2. The summed E-state index contributed by atoms with van der Waals surface area (Å²) in [5.74, 6) is -1.85. The summed E-state index contributed by atoms with van der Waals surface area (Å²) in [6.07, 6.45) is 74.6. The number of carbonyl (C=O) groups excluding carboxylic acids is 3. The molecule has 0 amide bonds. The first-order valence-electron chi connectivity index (χ1n) is 26.9. The molecule has 0 bridgehead atoms. The molecule has 0 N–H and O–H groups in total. The number of carboxylic acids is 1. The predicted octanol–water partition coefficient (Wildman–Crippen LogP) is 14.7. The third-order valence-electron chi connectivity index (χ3n) is 11.0. The molecule has 0 fully saturated rings. The number of quaternary nitrogens is 1. The number of hydrogen-bond donors (Lipinski definition) is 0. The maximum absolute atomic E-state index is 12.8. The minimum atomic E-state index is -1.14. The van der Waals surface area contributed by atoms with Gasteiger partial charge in [0.05, 0.1) is 40.3 Å². The Hall–Kier alpha value is -4.79. The summed E-state index contributed by atoms with van der Waals surface area (Å²) in [5.41, 5.74) is 0. The fraction of sp³-hybridized carbons (Fsp3) is 0.565. The highest BCUT2D eigenvalue weighted by Crippen LogP contribution is 2.13. The summed E-state index contributed by atoms with van der Waals surface area (Å²) >= 11 is 0. The number of aliphatic carboxylic acids is 1. The van der Waals surface area contributed by atoms with Gasteiger partial charge in [-0.3, -0.25) is 9.59 Å². The number of carboxylic acid groups (broad SMARTS) is 1. The van der Waals surface area contributed by atoms with Gasteiger partial charge in [-0.25, -0.2) is 0 Å². The smallest absolute Gasteiger partial charge is 0.306 e. The highest BCUT2D eigenvalue weighted by molar-refractivity contribution is 5.70. The zero-order valence-corrected chi connectivity index (χ0v) is 44.6. The molecule has 2 unspecified atom stereocenters. The van der Waals surface area contributed by atoms with Crippen molar-refractivity contribution in [1.82, 2.24) is 0 Å². The minimum Gasteiger partial charge on any atom is -0.544 e. The quantitative estimate of drug-likeness (QED) is 0.0259. The van der Waals surface area contributed by atoms with Gasteiger partial charge in [0.15, 0.2) is 6.10 Å². The van der Waals surface area contributed by atoms with E-state index in [4.69, 9.17) is 14.2 Å². The molecular weight excluding hydrogens is 871 g/mol. The number of esters is 2. The average Bonchev–Trinajstić information content (AvgIpc) is 3.33. The van der Waals surface area contributed by atoms with Gasteiger partial charge in [0.25, 0.3) is 0 Å². The van der Waals surface area contributed by atoms with Crippen LogP contribution in [0.4, 0.5) is 0 Å². The molecule has 0 radical (unpaired) electrons. The number of likely N-dealkylation sites (N-methyl/N-ethyl adjacent to an activating group) is 1. The van der Waals surface area contributed by atoms with Crippen molar-refractivity contribution >= 4 is 17.9 Å². The summed E-state index contributed by atoms with van der Waals surface area (Å²) in [6.45, 7) is 4.34. The Morgan fingerprint density at radius 2 is 0.771 bits per heavy atom. The molecule has 0 aromatic heterocycles. The minimum absolute atomic E-state index is 0.00285. The van der Waals surface area contributed by atoms with Crippen LogP contribution < -0.4 is 5.11 Å². The molecule has 0 aliphatic heterocycles. The predicted molar refractivity (Wildman–Crippen MR) is 295 cm³/mol. The second-order valence-corrected chi connectivity index (χ2v) is 18.3. The number of unbranched alkanes of at least 4 members (excludes halogenated alkanes) is 8. The molecule has 0 saturated heterocycles. The monoisotopic (exact) mass is 968 g/mol. The van der Waals surface area contributed by atoms with Crippen LogP contribution in [0, 0.1) is 0 Å². The van der Waals surface area contributed by atoms with Gasteiger partial charge in [0.2, 0.25) is 0 Å². The Morgan fingerprint density at radius 3 is 1.16 bits per heavy atom. The second-order valence-electron chi connectivity index (χ2n) is 18.3. The van der Waals surface area contributed by atoms with Gasteiger partial charge in [-0.15, -0.1) is 0 Å². The van der Waals surface area contributed by atoms with Crippen molar-refractivity contribution in [3.63, 3.8) is 0 Å². The van der Waals surface area contributed by atoms with Gasteiger partial charge >= 0.3 is 11.9 Å². The molecule has 0 aliphatic carbocycles. The zero-order valence-electron chi connectivity index (χ0n) is 44.6. The van der Waals surface area contributed by atoms with Crippen LogP contribution in [0.1, 0.15) is 174 Å². The Balaban J connectivity index is 4.39. The maximum atomic E-state index is 12.8. The van der Waals surface area contributed by atoms with Gasteiger partial charge in [-0.2, -0.15) is 0 Å². The molecule has 0 spiro atoms. The Kier molecular flexibility index (Phi) is 47.1. The third-order valence-corrected chi connectivity index (χ3v) is 11.0. The number of allylic oxidation sites excluding steroid dienone is 24. The van der Waals surface area contributed by atoms with Crippen LogP contribution in [0.2, 0.25) is 0 Å². The van der Waals surface area contributed by atoms with Crippen molar-refractivity contribution in [3.8, 4) is 0 Å². The lowest BCUT2D eigenvalue weighted by Crippen LogP contribution is -2.55. The molecule has 0 aliphatic rings. The van der Waals surface area contributed by atoms with E-state index in [0.29, 0.717) is 12.8 Å². The highest BCUT2D eigenvalue weighted by atomic mass is 16.6. The first-order chi connectivity index (χ1) is 34.1. The number of ether oxygens (including phenoxy) is 3. The van der Waals surface area contributed by atoms with E-state index in [-0.39, 0.29) is 49.1 Å². The summed E-state index contributed by atoms with van der Waals surface area (Å²) in [7, 11) is 5.38. The Bertz CT molecular complexity index is 1650. The molecule has 8 heteroatoms. The van der Waals surface area contributed by atoms with Gasteiger partial charge in [0, 0.05) is 19.3 Å². The fourth-order valence-corrected chi connectivity index (χ4v) is 6.91. The van der Waals surface area contributed by atoms with E-state index < -0.39 is 18.1 Å². The van der Waals surface area contributed by atoms with Crippen LogP contribution in [0.5, 0.6) is 0 Å². The van der Waals surface area contributed by atoms with Gasteiger partial charge < -0.3 is 28.6 Å². The maximum Gasteiger partial charge on any atom is 0.306 e. The second kappa shape index (κ2) is 50.6. The summed E-state index contributed by atoms with van der Waals surface area (Å²) in [5, 5.41) is 11.7. The van der Waals surface area contributed by atoms with Crippen LogP contribution >= 0.6 is 0 Å². The normalized spacial score (nSPS) is 14.0. The summed E-state index contributed by atoms with van der Waals surface area (Å²) in [4.78, 5) is 37.1. The lowest BCUT2D eigenvalue weighted by molar-refractivity contribution is -0.889. The van der Waals surface area contributed by atoms with E-state index in [2.05, 4.69) is 160 Å². The van der Waals surface area contributed by atoms with Crippen LogP contribution in [0.25, 0.3) is 0 Å². The zero-order chi connectivity index (χ0) is 51.3. The van der Waals surface area contributed by atoms with E-state index in [9.17, 15) is 19.5 Å². The van der Waals surface area contributed by atoms with Crippen LogP contribution in [-0.4, -0.2) is 75.5 Å². The Morgan fingerprint density at radius 1 is 0.429 bits per heavy atom. The number of carbonyl (C=O) groups is 3. The number of hydrogen-bond acceptors (Lipinski definition) is 7. The van der Waals surface area contributed by atoms with Gasteiger partial charge in [-0.1, -0.05) is 192 Å². The van der Waals surface area contributed by atoms with Crippen molar-refractivity contribution < 1.29 is 38.2 Å². The van der Waals surface area contributed by atoms with Crippen molar-refractivity contribution in [1.29, 1.82) is 0 Å². The molecular formula is C62H97NO7. The van der Waals surface area contributed by atoms with Crippen molar-refractivity contribution in [3.05, 3.63) is 146 Å². The van der Waals surface area contributed by atoms with Crippen LogP contribution in [0.15, 0.2) is 146 Å². The van der Waals surface area contributed by atoms with E-state index in [1.54, 1.807) is 21.1 Å². The van der Waals surface area contributed by atoms with Crippen molar-refractivity contribution in [2.75, 3.05) is 41.0 Å². The topological polar surface area (TPSA) is 102 Å². The lowest BCUT2D eigenvalue weighted by atomic mass is 10.1. The fourth-order valence-electron chi connectivity index (χ4n) is 6.91. The standard InChI is InChI=1S/C62H97NO7/c1-6-8-10-12-14-16-18-20-22-24-26-28-30-32-34-36-38-40-42-44-46-48-50-52-60(64)69-57-58(56-68-55-54-59(62(66)67)63(3,4)5)70-61(65)53-51-49-47-45-43-41-39-37-35-33-31-29-27-25-23-21-19-17-15-13-11-9-7-2/h8-11,14-17,20-23,26-29,32-35,39,41,45,47,58-59H,6-7,12-13,18-19,24-25,30-31,36-38,40,42-44,46,48-57H2,1-5H3/b10-8+,11-9+,16-14+,17-15+,22-20+,23-21+,28-26+,29-27+,34-32+,35-33+,41-39+,47-45+. The molecule has 2 atom stereocenters. The molecule has 0 rings (SSSR count). The molecule has 8 nitrogen and oxygen atoms in total. The average molecular weight is 968 g/mol. The van der Waals surface area contributed by atoms with E-state index in [1.807, 2.05) is 0 Å². The highest BCUT2D eigenvalue weighted by Gasteiger charge is 2.25. The molecule has 0 aromatic rings. The third kappa shape index (κ3) is 48.2. The lowest BCUT2D eigenvalue weighted by Gasteiger charge is -2.34. The summed E-state index contributed by atoms with van der Waals surface area (Å²) in [6, 6.07) is -0.749. The first-order valence-corrected chi connectivity index (χ1v) is 26.9. The van der Waals surface area contributed by atoms with E-state index in [1.165, 1.54) is 19.3 Å². The molecule has 0 saturated carbocycles. The van der Waals surface area contributed by atoms with Crippen molar-refractivity contribution in [2.24, 2.45) is 0 Å². The van der Waals surface area contributed by atoms with E-state index >= 15 is 0 Å². The SMILES string of the molecule is CC/C=C/C/C=C/C/C=C/C/C=C/C/C=C/C/C=C/C/C=C/CCCC(=O)OC(COCCC(C(=O)[O-])[N+](C)(C)C)COC(=O)CCCCCCCCC/C=C/C/C=C/C/C=C/C/C=C/C/C=C/CC. The first kappa shape index (κ1) is 65.2. The van der Waals surface area contributed by atoms with E-state index in [0.717, 1.165) is 116 Å². The molecule has 392 valence electrons. The van der Waals surface area contributed by atoms with Crippen LogP contribution in [-0.2, 0) is 28.6 Å².